The van der Waals surface area contributed by atoms with Gasteiger partial charge in [-0.05, 0) is 37.3 Å². The zero-order valence-electron chi connectivity index (χ0n) is 15.2. The van der Waals surface area contributed by atoms with Gasteiger partial charge in [-0.2, -0.15) is 0 Å². The first-order valence-electron chi connectivity index (χ1n) is 8.78. The van der Waals surface area contributed by atoms with Crippen LogP contribution in [0, 0.1) is 11.8 Å². The van der Waals surface area contributed by atoms with E-state index in [0.29, 0.717) is 27.9 Å². The summed E-state index contributed by atoms with van der Waals surface area (Å²) < 4.78 is 1.54. The van der Waals surface area contributed by atoms with E-state index in [9.17, 15) is 9.59 Å². The standard InChI is InChI=1S/C19H25N3O2S/c1-12-9-13(2)11-22(10-12)17(23)14(3)25-19-20-16-8-6-5-7-15(16)18(24)21(19)4/h5-8,12-14H,9-11H2,1-4H3. The lowest BCUT2D eigenvalue weighted by molar-refractivity contribution is -0.132. The van der Waals surface area contributed by atoms with Crippen molar-refractivity contribution in [2.45, 2.75) is 37.6 Å². The SMILES string of the molecule is CC1CC(C)CN(C(=O)C(C)Sc2nc3ccccc3c(=O)n2C)C1. The van der Waals surface area contributed by atoms with Gasteiger partial charge in [-0.1, -0.05) is 37.7 Å². The molecule has 0 bridgehead atoms. The van der Waals surface area contributed by atoms with Gasteiger partial charge in [0.15, 0.2) is 5.16 Å². The average molecular weight is 359 g/mol. The van der Waals surface area contributed by atoms with Crippen LogP contribution in [0.4, 0.5) is 0 Å². The van der Waals surface area contributed by atoms with Gasteiger partial charge in [0, 0.05) is 20.1 Å². The highest BCUT2D eigenvalue weighted by atomic mass is 32.2. The van der Waals surface area contributed by atoms with E-state index < -0.39 is 0 Å². The minimum absolute atomic E-state index is 0.0760. The summed E-state index contributed by atoms with van der Waals surface area (Å²) in [6, 6.07) is 7.32. The molecule has 3 atom stereocenters. The number of hydrogen-bond acceptors (Lipinski definition) is 4. The number of benzene rings is 1. The summed E-state index contributed by atoms with van der Waals surface area (Å²) in [5, 5.41) is 0.923. The smallest absolute Gasteiger partial charge is 0.261 e. The van der Waals surface area contributed by atoms with Crippen LogP contribution in [-0.2, 0) is 11.8 Å². The second-order valence-corrected chi connectivity index (χ2v) is 8.53. The normalized spacial score (nSPS) is 22.2. The molecule has 0 aliphatic carbocycles. The topological polar surface area (TPSA) is 55.2 Å². The predicted molar refractivity (Wildman–Crippen MR) is 102 cm³/mol. The monoisotopic (exact) mass is 359 g/mol. The van der Waals surface area contributed by atoms with Crippen molar-refractivity contribution >= 4 is 28.6 Å². The number of aromatic nitrogens is 2. The number of hydrogen-bond donors (Lipinski definition) is 0. The molecule has 3 unspecified atom stereocenters. The van der Waals surface area contributed by atoms with Crippen LogP contribution in [0.3, 0.4) is 0 Å². The van der Waals surface area contributed by atoms with Gasteiger partial charge in [-0.3, -0.25) is 14.2 Å². The third kappa shape index (κ3) is 3.73. The number of rotatable bonds is 3. The van der Waals surface area contributed by atoms with E-state index in [-0.39, 0.29) is 16.7 Å². The fourth-order valence-electron chi connectivity index (χ4n) is 3.61. The summed E-state index contributed by atoms with van der Waals surface area (Å²) in [6.45, 7) is 7.93. The predicted octanol–water partition coefficient (Wildman–Crippen LogP) is 2.92. The maximum absolute atomic E-state index is 12.8. The Labute approximate surface area is 152 Å². The van der Waals surface area contributed by atoms with Crippen molar-refractivity contribution in [1.82, 2.24) is 14.5 Å². The van der Waals surface area contributed by atoms with Crippen molar-refractivity contribution in [3.8, 4) is 0 Å². The van der Waals surface area contributed by atoms with Gasteiger partial charge in [0.2, 0.25) is 5.91 Å². The summed E-state index contributed by atoms with van der Waals surface area (Å²) in [5.74, 6) is 1.20. The lowest BCUT2D eigenvalue weighted by Crippen LogP contribution is -2.45. The summed E-state index contributed by atoms with van der Waals surface area (Å²) in [6.07, 6.45) is 1.17. The lowest BCUT2D eigenvalue weighted by Gasteiger charge is -2.36. The number of carbonyl (C=O) groups excluding carboxylic acids is 1. The maximum atomic E-state index is 12.8. The zero-order chi connectivity index (χ0) is 18.1. The van der Waals surface area contributed by atoms with Crippen LogP contribution in [-0.4, -0.2) is 38.7 Å². The molecular formula is C19H25N3O2S. The van der Waals surface area contributed by atoms with E-state index in [4.69, 9.17) is 0 Å². The third-order valence-electron chi connectivity index (χ3n) is 4.75. The first kappa shape index (κ1) is 18.0. The summed E-state index contributed by atoms with van der Waals surface area (Å²) in [4.78, 5) is 31.9. The largest absolute Gasteiger partial charge is 0.341 e. The molecule has 1 amide bonds. The van der Waals surface area contributed by atoms with Crippen molar-refractivity contribution in [1.29, 1.82) is 0 Å². The number of piperidine rings is 1. The van der Waals surface area contributed by atoms with Crippen LogP contribution in [0.15, 0.2) is 34.2 Å². The van der Waals surface area contributed by atoms with E-state index in [1.165, 1.54) is 22.7 Å². The molecule has 1 aromatic heterocycles. The fraction of sp³-hybridized carbons (Fsp3) is 0.526. The molecule has 0 spiro atoms. The Kier molecular flexibility index (Phi) is 5.18. The highest BCUT2D eigenvalue weighted by Gasteiger charge is 2.29. The first-order valence-corrected chi connectivity index (χ1v) is 9.66. The first-order chi connectivity index (χ1) is 11.9. The molecule has 0 N–H and O–H groups in total. The number of para-hydroxylation sites is 1. The van der Waals surface area contributed by atoms with E-state index in [0.717, 1.165) is 13.1 Å². The maximum Gasteiger partial charge on any atom is 0.261 e. The number of carbonyl (C=O) groups is 1. The minimum atomic E-state index is -0.267. The summed E-state index contributed by atoms with van der Waals surface area (Å²) in [5.41, 5.74) is 0.598. The molecule has 25 heavy (non-hydrogen) atoms. The molecule has 3 rings (SSSR count). The molecule has 0 radical (unpaired) electrons. The van der Waals surface area contributed by atoms with E-state index >= 15 is 0 Å². The summed E-state index contributed by atoms with van der Waals surface area (Å²) in [7, 11) is 1.71. The van der Waals surface area contributed by atoms with Crippen molar-refractivity contribution in [2.75, 3.05) is 13.1 Å². The van der Waals surface area contributed by atoms with Crippen molar-refractivity contribution in [2.24, 2.45) is 18.9 Å². The van der Waals surface area contributed by atoms with Gasteiger partial charge in [0.1, 0.15) is 0 Å². The van der Waals surface area contributed by atoms with Gasteiger partial charge in [-0.15, -0.1) is 0 Å². The van der Waals surface area contributed by atoms with Crippen LogP contribution >= 0.6 is 11.8 Å². The molecule has 1 aliphatic rings. The van der Waals surface area contributed by atoms with E-state index in [1.54, 1.807) is 13.1 Å². The molecule has 2 aromatic rings. The van der Waals surface area contributed by atoms with Gasteiger partial charge >= 0.3 is 0 Å². The molecule has 1 aromatic carbocycles. The Morgan fingerprint density at radius 3 is 2.56 bits per heavy atom. The second kappa shape index (κ2) is 7.20. The second-order valence-electron chi connectivity index (χ2n) is 7.23. The van der Waals surface area contributed by atoms with Crippen molar-refractivity contribution in [3.63, 3.8) is 0 Å². The highest BCUT2D eigenvalue weighted by molar-refractivity contribution is 8.00. The van der Waals surface area contributed by atoms with Crippen LogP contribution < -0.4 is 5.56 Å². The highest BCUT2D eigenvalue weighted by Crippen LogP contribution is 2.26. The number of likely N-dealkylation sites (tertiary alicyclic amines) is 1. The number of thioether (sulfide) groups is 1. The molecule has 1 fully saturated rings. The Morgan fingerprint density at radius 1 is 1.24 bits per heavy atom. The molecule has 5 nitrogen and oxygen atoms in total. The zero-order valence-corrected chi connectivity index (χ0v) is 16.0. The molecule has 1 saturated heterocycles. The van der Waals surface area contributed by atoms with Crippen LogP contribution in [0.2, 0.25) is 0 Å². The Hall–Kier alpha value is -1.82. The van der Waals surface area contributed by atoms with Gasteiger partial charge in [0.05, 0.1) is 16.2 Å². The number of fused-ring (bicyclic) bond motifs is 1. The van der Waals surface area contributed by atoms with Crippen molar-refractivity contribution in [3.05, 3.63) is 34.6 Å². The van der Waals surface area contributed by atoms with Crippen molar-refractivity contribution < 1.29 is 4.79 Å². The van der Waals surface area contributed by atoms with Crippen LogP contribution in [0.25, 0.3) is 10.9 Å². The Morgan fingerprint density at radius 2 is 1.88 bits per heavy atom. The number of amides is 1. The third-order valence-corrected chi connectivity index (χ3v) is 5.88. The molecule has 6 heteroatoms. The fourth-order valence-corrected chi connectivity index (χ4v) is 4.57. The Balaban J connectivity index is 1.82. The summed E-state index contributed by atoms with van der Waals surface area (Å²) >= 11 is 1.36. The van der Waals surface area contributed by atoms with Gasteiger partial charge < -0.3 is 4.90 Å². The molecule has 2 heterocycles. The van der Waals surface area contributed by atoms with Crippen LogP contribution in [0.1, 0.15) is 27.2 Å². The van der Waals surface area contributed by atoms with E-state index in [1.807, 2.05) is 30.0 Å². The van der Waals surface area contributed by atoms with E-state index in [2.05, 4.69) is 18.8 Å². The van der Waals surface area contributed by atoms with Gasteiger partial charge in [-0.25, -0.2) is 4.98 Å². The molecular weight excluding hydrogens is 334 g/mol. The average Bonchev–Trinajstić information content (AvgIpc) is 2.58. The quantitative estimate of drug-likeness (QED) is 0.625. The molecule has 1 aliphatic heterocycles. The van der Waals surface area contributed by atoms with Crippen LogP contribution in [0.5, 0.6) is 0 Å². The lowest BCUT2D eigenvalue weighted by atomic mass is 9.92. The molecule has 0 saturated carbocycles. The van der Waals surface area contributed by atoms with Gasteiger partial charge in [0.25, 0.3) is 5.56 Å². The minimum Gasteiger partial charge on any atom is -0.341 e. The Bertz CT molecular complexity index is 838. The number of nitrogens with zero attached hydrogens (tertiary/aromatic N) is 3. The molecule has 134 valence electrons.